The van der Waals surface area contributed by atoms with E-state index in [-0.39, 0.29) is 5.69 Å². The molecule has 0 amide bonds. The Morgan fingerprint density at radius 2 is 2.41 bits per heavy atom. The van der Waals surface area contributed by atoms with Crippen molar-refractivity contribution in [2.45, 2.75) is 12.8 Å². The summed E-state index contributed by atoms with van der Waals surface area (Å²) in [6.45, 7) is 2.09. The molecule has 1 aliphatic heterocycles. The molecule has 1 aromatic carbocycles. The lowest BCUT2D eigenvalue weighted by Gasteiger charge is -2.09. The second-order valence-electron chi connectivity index (χ2n) is 4.33. The standard InChI is InChI=1S/C12H16N2O3/c1-17-12-7-9(2-3-11(12)14(15)16)6-10-4-5-13-8-10/h2-3,7,10,13H,4-6,8H2,1H3. The molecule has 2 rings (SSSR count). The number of methoxy groups -OCH3 is 1. The van der Waals surface area contributed by atoms with Gasteiger partial charge in [-0.05, 0) is 43.5 Å². The minimum absolute atomic E-state index is 0.0285. The van der Waals surface area contributed by atoms with Crippen LogP contribution in [0, 0.1) is 16.0 Å². The fourth-order valence-corrected chi connectivity index (χ4v) is 2.22. The van der Waals surface area contributed by atoms with E-state index in [2.05, 4.69) is 5.32 Å². The Hall–Kier alpha value is -1.62. The van der Waals surface area contributed by atoms with Gasteiger partial charge in [0.05, 0.1) is 12.0 Å². The average Bonchev–Trinajstić information content (AvgIpc) is 2.81. The monoisotopic (exact) mass is 236 g/mol. The summed E-state index contributed by atoms with van der Waals surface area (Å²) in [5.74, 6) is 0.972. The third-order valence-corrected chi connectivity index (χ3v) is 3.13. The SMILES string of the molecule is COc1cc(CC2CCNC2)ccc1[N+](=O)[O-]. The lowest BCUT2D eigenvalue weighted by Crippen LogP contribution is -2.10. The van der Waals surface area contributed by atoms with Crippen molar-refractivity contribution in [1.29, 1.82) is 0 Å². The molecule has 5 nitrogen and oxygen atoms in total. The molecule has 1 fully saturated rings. The zero-order valence-corrected chi connectivity index (χ0v) is 9.81. The molecule has 1 aromatic rings. The van der Waals surface area contributed by atoms with Crippen molar-refractivity contribution in [1.82, 2.24) is 5.32 Å². The summed E-state index contributed by atoms with van der Waals surface area (Å²) in [4.78, 5) is 10.3. The third-order valence-electron chi connectivity index (χ3n) is 3.13. The summed E-state index contributed by atoms with van der Waals surface area (Å²) in [6, 6.07) is 5.12. The van der Waals surface area contributed by atoms with E-state index in [1.807, 2.05) is 6.07 Å². The zero-order chi connectivity index (χ0) is 12.3. The van der Waals surface area contributed by atoms with Gasteiger partial charge in [-0.2, -0.15) is 0 Å². The van der Waals surface area contributed by atoms with E-state index in [4.69, 9.17) is 4.74 Å². The van der Waals surface area contributed by atoms with Gasteiger partial charge in [-0.25, -0.2) is 0 Å². The molecule has 0 saturated carbocycles. The summed E-state index contributed by atoms with van der Waals surface area (Å²) < 4.78 is 5.05. The van der Waals surface area contributed by atoms with E-state index in [0.717, 1.165) is 25.1 Å². The second kappa shape index (κ2) is 5.14. The summed E-state index contributed by atoms with van der Waals surface area (Å²) >= 11 is 0. The van der Waals surface area contributed by atoms with Crippen molar-refractivity contribution in [3.05, 3.63) is 33.9 Å². The first-order valence-corrected chi connectivity index (χ1v) is 5.72. The Kier molecular flexibility index (Phi) is 3.58. The van der Waals surface area contributed by atoms with E-state index < -0.39 is 4.92 Å². The molecule has 0 aliphatic carbocycles. The van der Waals surface area contributed by atoms with Crippen LogP contribution in [0.5, 0.6) is 5.75 Å². The number of rotatable bonds is 4. The van der Waals surface area contributed by atoms with E-state index >= 15 is 0 Å². The summed E-state index contributed by atoms with van der Waals surface area (Å²) in [5.41, 5.74) is 1.13. The molecular formula is C12H16N2O3. The van der Waals surface area contributed by atoms with Crippen LogP contribution in [0.3, 0.4) is 0 Å². The van der Waals surface area contributed by atoms with Gasteiger partial charge in [0.25, 0.3) is 0 Å². The van der Waals surface area contributed by atoms with Crippen LogP contribution < -0.4 is 10.1 Å². The van der Waals surface area contributed by atoms with Crippen molar-refractivity contribution in [3.63, 3.8) is 0 Å². The van der Waals surface area contributed by atoms with Crippen LogP contribution in [0.25, 0.3) is 0 Å². The molecule has 17 heavy (non-hydrogen) atoms. The van der Waals surface area contributed by atoms with Gasteiger partial charge in [-0.1, -0.05) is 6.07 Å². The minimum atomic E-state index is -0.417. The van der Waals surface area contributed by atoms with Crippen molar-refractivity contribution < 1.29 is 9.66 Å². The fourth-order valence-electron chi connectivity index (χ4n) is 2.22. The van der Waals surface area contributed by atoms with Crippen LogP contribution in [0.2, 0.25) is 0 Å². The van der Waals surface area contributed by atoms with Gasteiger partial charge >= 0.3 is 5.69 Å². The van der Waals surface area contributed by atoms with Crippen LogP contribution in [-0.4, -0.2) is 25.1 Å². The van der Waals surface area contributed by atoms with Gasteiger partial charge in [0.15, 0.2) is 5.75 Å². The highest BCUT2D eigenvalue weighted by atomic mass is 16.6. The van der Waals surface area contributed by atoms with Crippen molar-refractivity contribution in [2.75, 3.05) is 20.2 Å². The number of nitro benzene ring substituents is 1. The average molecular weight is 236 g/mol. The van der Waals surface area contributed by atoms with Crippen LogP contribution in [-0.2, 0) is 6.42 Å². The molecular weight excluding hydrogens is 220 g/mol. The minimum Gasteiger partial charge on any atom is -0.490 e. The highest BCUT2D eigenvalue weighted by Gasteiger charge is 2.18. The van der Waals surface area contributed by atoms with Gasteiger partial charge < -0.3 is 10.1 Å². The Bertz CT molecular complexity index is 414. The maximum absolute atomic E-state index is 10.8. The highest BCUT2D eigenvalue weighted by molar-refractivity contribution is 5.48. The van der Waals surface area contributed by atoms with Gasteiger partial charge in [-0.15, -0.1) is 0 Å². The Labute approximate surface area is 99.9 Å². The number of hydrogen-bond donors (Lipinski definition) is 1. The zero-order valence-electron chi connectivity index (χ0n) is 9.81. The first-order chi connectivity index (χ1) is 8.20. The van der Waals surface area contributed by atoms with E-state index in [1.165, 1.54) is 19.6 Å². The number of ether oxygens (including phenoxy) is 1. The molecule has 92 valence electrons. The van der Waals surface area contributed by atoms with Crippen molar-refractivity contribution in [2.24, 2.45) is 5.92 Å². The smallest absolute Gasteiger partial charge is 0.310 e. The molecule has 5 heteroatoms. The van der Waals surface area contributed by atoms with Crippen molar-refractivity contribution in [3.8, 4) is 5.75 Å². The molecule has 0 aromatic heterocycles. The lowest BCUT2D eigenvalue weighted by molar-refractivity contribution is -0.385. The lowest BCUT2D eigenvalue weighted by atomic mass is 9.98. The first-order valence-electron chi connectivity index (χ1n) is 5.72. The first kappa shape index (κ1) is 11.9. The topological polar surface area (TPSA) is 64.4 Å². The number of hydrogen-bond acceptors (Lipinski definition) is 4. The van der Waals surface area contributed by atoms with Gasteiger partial charge in [0.2, 0.25) is 0 Å². The Morgan fingerprint density at radius 3 is 3.00 bits per heavy atom. The van der Waals surface area contributed by atoms with E-state index in [0.29, 0.717) is 11.7 Å². The largest absolute Gasteiger partial charge is 0.490 e. The molecule has 1 N–H and O–H groups in total. The van der Waals surface area contributed by atoms with Crippen LogP contribution in [0.4, 0.5) is 5.69 Å². The quantitative estimate of drug-likeness (QED) is 0.639. The Morgan fingerprint density at radius 1 is 1.59 bits per heavy atom. The van der Waals surface area contributed by atoms with E-state index in [1.54, 1.807) is 6.07 Å². The molecule has 0 spiro atoms. The third kappa shape index (κ3) is 2.74. The summed E-state index contributed by atoms with van der Waals surface area (Å²) in [6.07, 6.45) is 2.11. The number of nitro groups is 1. The molecule has 0 radical (unpaired) electrons. The second-order valence-corrected chi connectivity index (χ2v) is 4.33. The summed E-state index contributed by atoms with van der Waals surface area (Å²) in [7, 11) is 1.46. The normalized spacial score (nSPS) is 19.2. The molecule has 1 heterocycles. The van der Waals surface area contributed by atoms with Gasteiger partial charge in [-0.3, -0.25) is 10.1 Å². The number of nitrogens with zero attached hydrogens (tertiary/aromatic N) is 1. The van der Waals surface area contributed by atoms with Crippen molar-refractivity contribution >= 4 is 5.69 Å². The number of nitrogens with one attached hydrogen (secondary N) is 1. The molecule has 1 saturated heterocycles. The maximum Gasteiger partial charge on any atom is 0.310 e. The maximum atomic E-state index is 10.8. The highest BCUT2D eigenvalue weighted by Crippen LogP contribution is 2.29. The molecule has 0 bridgehead atoms. The van der Waals surface area contributed by atoms with Crippen LogP contribution >= 0.6 is 0 Å². The Balaban J connectivity index is 2.15. The van der Waals surface area contributed by atoms with E-state index in [9.17, 15) is 10.1 Å². The number of benzene rings is 1. The molecule has 1 unspecified atom stereocenters. The van der Waals surface area contributed by atoms with Gasteiger partial charge in [0, 0.05) is 6.07 Å². The van der Waals surface area contributed by atoms with Crippen LogP contribution in [0.15, 0.2) is 18.2 Å². The van der Waals surface area contributed by atoms with Gasteiger partial charge in [0.1, 0.15) is 0 Å². The van der Waals surface area contributed by atoms with Crippen LogP contribution in [0.1, 0.15) is 12.0 Å². The predicted octanol–water partition coefficient (Wildman–Crippen LogP) is 1.76. The predicted molar refractivity (Wildman–Crippen MR) is 64.3 cm³/mol. The fraction of sp³-hybridized carbons (Fsp3) is 0.500. The molecule has 1 aliphatic rings. The molecule has 1 atom stereocenters. The summed E-state index contributed by atoms with van der Waals surface area (Å²) in [5, 5.41) is 14.1.